The van der Waals surface area contributed by atoms with Crippen molar-refractivity contribution in [1.82, 2.24) is 4.98 Å². The summed E-state index contributed by atoms with van der Waals surface area (Å²) in [5.41, 5.74) is 7.97. The predicted molar refractivity (Wildman–Crippen MR) is 63.9 cm³/mol. The molecule has 0 saturated heterocycles. The highest BCUT2D eigenvalue weighted by molar-refractivity contribution is 5.82. The van der Waals surface area contributed by atoms with Gasteiger partial charge < -0.3 is 10.2 Å². The van der Waals surface area contributed by atoms with Crippen LogP contribution in [0.3, 0.4) is 0 Å². The Balaban J connectivity index is 2.19. The lowest BCUT2D eigenvalue weighted by Gasteiger charge is -1.93. The Morgan fingerprint density at radius 2 is 1.88 bits per heavy atom. The lowest BCUT2D eigenvalue weighted by Crippen LogP contribution is -1.84. The molecule has 0 radical (unpaired) electrons. The molecule has 0 atom stereocenters. The third-order valence-corrected chi connectivity index (χ3v) is 2.45. The van der Waals surface area contributed by atoms with Crippen LogP contribution in [0.25, 0.3) is 22.4 Å². The van der Waals surface area contributed by atoms with Gasteiger partial charge in [0.05, 0.1) is 11.9 Å². The molecule has 0 aliphatic heterocycles. The van der Waals surface area contributed by atoms with E-state index in [4.69, 9.17) is 10.2 Å². The van der Waals surface area contributed by atoms with Crippen molar-refractivity contribution in [3.63, 3.8) is 0 Å². The molecule has 0 aliphatic carbocycles. The standard InChI is InChI=1S/C13H10N2O/c14-11-6-10-7-12(16-13(10)15-8-11)9-4-2-1-3-5-9/h1-8H,14H2. The number of aromatic nitrogens is 1. The number of nitrogen functional groups attached to an aromatic ring is 1. The van der Waals surface area contributed by atoms with Crippen molar-refractivity contribution in [3.8, 4) is 11.3 Å². The minimum atomic E-state index is 0.619. The first kappa shape index (κ1) is 8.97. The third-order valence-electron chi connectivity index (χ3n) is 2.45. The number of anilines is 1. The number of benzene rings is 1. The maximum Gasteiger partial charge on any atom is 0.226 e. The number of pyridine rings is 1. The molecule has 0 spiro atoms. The van der Waals surface area contributed by atoms with Crippen LogP contribution in [0, 0.1) is 0 Å². The molecule has 3 rings (SSSR count). The molecule has 0 bridgehead atoms. The fourth-order valence-corrected chi connectivity index (χ4v) is 1.69. The second-order valence-corrected chi connectivity index (χ2v) is 3.64. The summed E-state index contributed by atoms with van der Waals surface area (Å²) in [5.74, 6) is 0.814. The monoisotopic (exact) mass is 210 g/mol. The van der Waals surface area contributed by atoms with E-state index in [0.717, 1.165) is 16.7 Å². The zero-order valence-corrected chi connectivity index (χ0v) is 8.55. The van der Waals surface area contributed by atoms with Crippen molar-refractivity contribution in [2.75, 3.05) is 5.73 Å². The Morgan fingerprint density at radius 1 is 1.06 bits per heavy atom. The number of nitrogens with two attached hydrogens (primary N) is 1. The van der Waals surface area contributed by atoms with Crippen molar-refractivity contribution in [2.45, 2.75) is 0 Å². The van der Waals surface area contributed by atoms with Crippen LogP contribution in [0.15, 0.2) is 53.1 Å². The SMILES string of the molecule is Nc1cnc2oc(-c3ccccc3)cc2c1. The van der Waals surface area contributed by atoms with E-state index in [1.165, 1.54) is 0 Å². The number of hydrogen-bond acceptors (Lipinski definition) is 3. The van der Waals surface area contributed by atoms with Crippen molar-refractivity contribution < 1.29 is 4.42 Å². The molecule has 1 aromatic carbocycles. The molecule has 0 saturated carbocycles. The second kappa shape index (κ2) is 3.38. The summed E-state index contributed by atoms with van der Waals surface area (Å²) < 4.78 is 5.64. The van der Waals surface area contributed by atoms with Gasteiger partial charge in [-0.1, -0.05) is 30.3 Å². The van der Waals surface area contributed by atoms with Gasteiger partial charge in [0, 0.05) is 10.9 Å². The molecule has 0 amide bonds. The average Bonchev–Trinajstić information content (AvgIpc) is 2.73. The highest BCUT2D eigenvalue weighted by Crippen LogP contribution is 2.27. The van der Waals surface area contributed by atoms with E-state index in [1.807, 2.05) is 42.5 Å². The lowest BCUT2D eigenvalue weighted by molar-refractivity contribution is 0.618. The number of hydrogen-bond donors (Lipinski definition) is 1. The molecule has 2 aromatic heterocycles. The topological polar surface area (TPSA) is 52.0 Å². The first-order chi connectivity index (χ1) is 7.83. The van der Waals surface area contributed by atoms with Crippen LogP contribution in [0.4, 0.5) is 5.69 Å². The van der Waals surface area contributed by atoms with Gasteiger partial charge in [0.2, 0.25) is 5.71 Å². The maximum atomic E-state index is 5.67. The van der Waals surface area contributed by atoms with E-state index >= 15 is 0 Å². The van der Waals surface area contributed by atoms with Crippen molar-refractivity contribution in [2.24, 2.45) is 0 Å². The molecule has 3 nitrogen and oxygen atoms in total. The van der Waals surface area contributed by atoms with E-state index < -0.39 is 0 Å². The van der Waals surface area contributed by atoms with Crippen LogP contribution in [0.1, 0.15) is 0 Å². The number of rotatable bonds is 1. The minimum absolute atomic E-state index is 0.619. The predicted octanol–water partition coefficient (Wildman–Crippen LogP) is 3.08. The molecule has 0 aliphatic rings. The van der Waals surface area contributed by atoms with Gasteiger partial charge in [-0.2, -0.15) is 0 Å². The Labute approximate surface area is 92.5 Å². The highest BCUT2D eigenvalue weighted by Gasteiger charge is 2.06. The zero-order chi connectivity index (χ0) is 11.0. The minimum Gasteiger partial charge on any atom is -0.438 e. The van der Waals surface area contributed by atoms with Crippen molar-refractivity contribution in [3.05, 3.63) is 48.7 Å². The Morgan fingerprint density at radius 3 is 2.69 bits per heavy atom. The van der Waals surface area contributed by atoms with Crippen LogP contribution in [0.5, 0.6) is 0 Å². The molecule has 3 aromatic rings. The van der Waals surface area contributed by atoms with Crippen molar-refractivity contribution in [1.29, 1.82) is 0 Å². The normalized spacial score (nSPS) is 10.8. The van der Waals surface area contributed by atoms with Crippen molar-refractivity contribution >= 4 is 16.8 Å². The largest absolute Gasteiger partial charge is 0.438 e. The molecule has 0 fully saturated rings. The van der Waals surface area contributed by atoms with Gasteiger partial charge in [-0.25, -0.2) is 4.98 Å². The molecular weight excluding hydrogens is 200 g/mol. The summed E-state index contributed by atoms with van der Waals surface area (Å²) in [6, 6.07) is 13.7. The van der Waals surface area contributed by atoms with Crippen LogP contribution in [0.2, 0.25) is 0 Å². The molecule has 0 unspecified atom stereocenters. The Kier molecular flexibility index (Phi) is 1.90. The molecule has 2 N–H and O–H groups in total. The second-order valence-electron chi connectivity index (χ2n) is 3.64. The summed E-state index contributed by atoms with van der Waals surface area (Å²) in [6.07, 6.45) is 1.60. The fraction of sp³-hybridized carbons (Fsp3) is 0. The van der Waals surface area contributed by atoms with Gasteiger partial charge >= 0.3 is 0 Å². The van der Waals surface area contributed by atoms with Gasteiger partial charge in [0.25, 0.3) is 0 Å². The van der Waals surface area contributed by atoms with Crippen LogP contribution in [-0.2, 0) is 0 Å². The number of nitrogens with zero attached hydrogens (tertiary/aromatic N) is 1. The van der Waals surface area contributed by atoms with E-state index in [0.29, 0.717) is 11.4 Å². The third kappa shape index (κ3) is 1.42. The van der Waals surface area contributed by atoms with Gasteiger partial charge in [0.1, 0.15) is 5.76 Å². The summed E-state index contributed by atoms with van der Waals surface area (Å²) in [7, 11) is 0. The first-order valence-corrected chi connectivity index (χ1v) is 5.03. The lowest BCUT2D eigenvalue weighted by atomic mass is 10.1. The van der Waals surface area contributed by atoms with Crippen LogP contribution in [-0.4, -0.2) is 4.98 Å². The summed E-state index contributed by atoms with van der Waals surface area (Å²) >= 11 is 0. The average molecular weight is 210 g/mol. The van der Waals surface area contributed by atoms with Crippen LogP contribution >= 0.6 is 0 Å². The molecular formula is C13H10N2O. The summed E-state index contributed by atoms with van der Waals surface area (Å²) in [4.78, 5) is 4.14. The molecule has 16 heavy (non-hydrogen) atoms. The van der Waals surface area contributed by atoms with Crippen LogP contribution < -0.4 is 5.73 Å². The van der Waals surface area contributed by atoms with Gasteiger partial charge in [-0.05, 0) is 12.1 Å². The van der Waals surface area contributed by atoms with Gasteiger partial charge in [-0.3, -0.25) is 0 Å². The first-order valence-electron chi connectivity index (χ1n) is 5.03. The molecule has 78 valence electrons. The van der Waals surface area contributed by atoms with E-state index in [2.05, 4.69) is 4.98 Å². The Bertz CT molecular complexity index is 629. The van der Waals surface area contributed by atoms with E-state index in [1.54, 1.807) is 6.20 Å². The quantitative estimate of drug-likeness (QED) is 0.671. The van der Waals surface area contributed by atoms with E-state index in [9.17, 15) is 0 Å². The summed E-state index contributed by atoms with van der Waals surface area (Å²) in [6.45, 7) is 0. The maximum absolute atomic E-state index is 5.67. The smallest absolute Gasteiger partial charge is 0.226 e. The molecule has 2 heterocycles. The van der Waals surface area contributed by atoms with Gasteiger partial charge in [-0.15, -0.1) is 0 Å². The molecule has 3 heteroatoms. The summed E-state index contributed by atoms with van der Waals surface area (Å²) in [5, 5.41) is 0.929. The fourth-order valence-electron chi connectivity index (χ4n) is 1.69. The number of fused-ring (bicyclic) bond motifs is 1. The van der Waals surface area contributed by atoms with Gasteiger partial charge in [0.15, 0.2) is 0 Å². The van der Waals surface area contributed by atoms with E-state index in [-0.39, 0.29) is 0 Å². The Hall–Kier alpha value is -2.29. The zero-order valence-electron chi connectivity index (χ0n) is 8.55. The highest BCUT2D eigenvalue weighted by atomic mass is 16.3. The number of furan rings is 1.